The van der Waals surface area contributed by atoms with Gasteiger partial charge < -0.3 is 10.5 Å². The van der Waals surface area contributed by atoms with Crippen LogP contribution < -0.4 is 5.73 Å². The SMILES string of the molecule is CCC(N)(CC)COCC1CC2CCC1C2. The number of hydrogen-bond acceptors (Lipinski definition) is 2. The van der Waals surface area contributed by atoms with Crippen molar-refractivity contribution in [3.8, 4) is 0 Å². The molecule has 3 unspecified atom stereocenters. The zero-order valence-electron chi connectivity index (χ0n) is 10.9. The van der Waals surface area contributed by atoms with Crippen molar-refractivity contribution in [1.82, 2.24) is 0 Å². The third kappa shape index (κ3) is 2.60. The van der Waals surface area contributed by atoms with E-state index in [9.17, 15) is 0 Å². The molecule has 0 saturated heterocycles. The molecular weight excluding hydrogens is 198 g/mol. The fraction of sp³-hybridized carbons (Fsp3) is 1.00. The van der Waals surface area contributed by atoms with E-state index in [0.717, 1.165) is 43.8 Å². The van der Waals surface area contributed by atoms with Gasteiger partial charge in [-0.1, -0.05) is 20.3 Å². The van der Waals surface area contributed by atoms with Crippen LogP contribution >= 0.6 is 0 Å². The Hall–Kier alpha value is -0.0800. The fourth-order valence-corrected chi connectivity index (χ4v) is 3.45. The summed E-state index contributed by atoms with van der Waals surface area (Å²) in [5.74, 6) is 2.84. The van der Waals surface area contributed by atoms with Gasteiger partial charge in [-0.25, -0.2) is 0 Å². The van der Waals surface area contributed by atoms with Crippen LogP contribution in [0.2, 0.25) is 0 Å². The average Bonchev–Trinajstić information content (AvgIpc) is 2.91. The zero-order valence-corrected chi connectivity index (χ0v) is 10.9. The average molecular weight is 225 g/mol. The fourth-order valence-electron chi connectivity index (χ4n) is 3.45. The van der Waals surface area contributed by atoms with Gasteiger partial charge in [-0.15, -0.1) is 0 Å². The van der Waals surface area contributed by atoms with Crippen LogP contribution in [0.4, 0.5) is 0 Å². The molecule has 16 heavy (non-hydrogen) atoms. The molecule has 2 rings (SSSR count). The molecule has 2 fully saturated rings. The van der Waals surface area contributed by atoms with Crippen molar-refractivity contribution < 1.29 is 4.74 Å². The number of fused-ring (bicyclic) bond motifs is 2. The summed E-state index contributed by atoms with van der Waals surface area (Å²) in [5, 5.41) is 0. The van der Waals surface area contributed by atoms with Crippen molar-refractivity contribution in [3.05, 3.63) is 0 Å². The minimum absolute atomic E-state index is 0.0857. The first-order valence-corrected chi connectivity index (χ1v) is 7.03. The molecule has 2 saturated carbocycles. The predicted molar refractivity (Wildman–Crippen MR) is 67.3 cm³/mol. The van der Waals surface area contributed by atoms with E-state index in [1.54, 1.807) is 0 Å². The summed E-state index contributed by atoms with van der Waals surface area (Å²) in [6.07, 6.45) is 7.85. The number of rotatable bonds is 6. The van der Waals surface area contributed by atoms with Gasteiger partial charge in [-0.05, 0) is 49.9 Å². The van der Waals surface area contributed by atoms with Crippen LogP contribution in [0.3, 0.4) is 0 Å². The van der Waals surface area contributed by atoms with Crippen molar-refractivity contribution in [2.75, 3.05) is 13.2 Å². The Morgan fingerprint density at radius 3 is 2.44 bits per heavy atom. The summed E-state index contributed by atoms with van der Waals surface area (Å²) >= 11 is 0. The third-order valence-corrected chi connectivity index (χ3v) is 5.01. The normalized spacial score (nSPS) is 33.6. The lowest BCUT2D eigenvalue weighted by Gasteiger charge is -2.28. The maximum Gasteiger partial charge on any atom is 0.0646 e. The van der Waals surface area contributed by atoms with Gasteiger partial charge in [0, 0.05) is 12.1 Å². The monoisotopic (exact) mass is 225 g/mol. The first-order chi connectivity index (χ1) is 7.67. The highest BCUT2D eigenvalue weighted by Crippen LogP contribution is 2.48. The van der Waals surface area contributed by atoms with Crippen LogP contribution in [-0.4, -0.2) is 18.8 Å². The molecule has 94 valence electrons. The summed E-state index contributed by atoms with van der Waals surface area (Å²) in [6.45, 7) is 6.02. The van der Waals surface area contributed by atoms with E-state index in [0.29, 0.717) is 0 Å². The van der Waals surface area contributed by atoms with Gasteiger partial charge in [-0.2, -0.15) is 0 Å². The molecule has 0 amide bonds. The van der Waals surface area contributed by atoms with Gasteiger partial charge in [0.05, 0.1) is 6.61 Å². The van der Waals surface area contributed by atoms with Crippen LogP contribution in [0.5, 0.6) is 0 Å². The highest BCUT2D eigenvalue weighted by atomic mass is 16.5. The molecule has 2 heteroatoms. The van der Waals surface area contributed by atoms with Crippen molar-refractivity contribution in [2.45, 2.75) is 57.9 Å². The minimum atomic E-state index is -0.0857. The van der Waals surface area contributed by atoms with Crippen molar-refractivity contribution in [1.29, 1.82) is 0 Å². The van der Waals surface area contributed by atoms with Crippen molar-refractivity contribution in [3.63, 3.8) is 0 Å². The van der Waals surface area contributed by atoms with Crippen LogP contribution in [0.15, 0.2) is 0 Å². The van der Waals surface area contributed by atoms with E-state index >= 15 is 0 Å². The highest BCUT2D eigenvalue weighted by Gasteiger charge is 2.39. The van der Waals surface area contributed by atoms with E-state index in [2.05, 4.69) is 13.8 Å². The van der Waals surface area contributed by atoms with Gasteiger partial charge >= 0.3 is 0 Å². The summed E-state index contributed by atoms with van der Waals surface area (Å²) in [4.78, 5) is 0. The van der Waals surface area contributed by atoms with Crippen LogP contribution in [-0.2, 0) is 4.74 Å². The predicted octanol–water partition coefficient (Wildman–Crippen LogP) is 2.96. The first kappa shape index (κ1) is 12.4. The van der Waals surface area contributed by atoms with Gasteiger partial charge in [0.2, 0.25) is 0 Å². The smallest absolute Gasteiger partial charge is 0.0646 e. The first-order valence-electron chi connectivity index (χ1n) is 7.03. The topological polar surface area (TPSA) is 35.2 Å². The Labute approximate surface area is 99.9 Å². The Morgan fingerprint density at radius 2 is 1.94 bits per heavy atom. The molecule has 0 aliphatic heterocycles. The Kier molecular flexibility index (Phi) is 3.91. The molecule has 0 aromatic heterocycles. The molecule has 0 aromatic rings. The quantitative estimate of drug-likeness (QED) is 0.754. The van der Waals surface area contributed by atoms with Gasteiger partial charge in [0.1, 0.15) is 0 Å². The Morgan fingerprint density at radius 1 is 1.19 bits per heavy atom. The Bertz CT molecular complexity index is 225. The van der Waals surface area contributed by atoms with Gasteiger partial charge in [0.25, 0.3) is 0 Å². The summed E-state index contributed by atoms with van der Waals surface area (Å²) in [5.41, 5.74) is 6.15. The largest absolute Gasteiger partial charge is 0.379 e. The lowest BCUT2D eigenvalue weighted by molar-refractivity contribution is 0.0424. The summed E-state index contributed by atoms with van der Waals surface area (Å²) in [7, 11) is 0. The highest BCUT2D eigenvalue weighted by molar-refractivity contribution is 4.90. The minimum Gasteiger partial charge on any atom is -0.379 e. The van der Waals surface area contributed by atoms with Crippen LogP contribution in [0, 0.1) is 17.8 Å². The standard InChI is InChI=1S/C14H27NO/c1-3-14(15,4-2)10-16-9-13-8-11-5-6-12(13)7-11/h11-13H,3-10,15H2,1-2H3. The second-order valence-corrected chi connectivity index (χ2v) is 6.02. The van der Waals surface area contributed by atoms with Crippen molar-refractivity contribution in [2.24, 2.45) is 23.5 Å². The lowest BCUT2D eigenvalue weighted by atomic mass is 9.89. The molecule has 2 aliphatic rings. The van der Waals surface area contributed by atoms with E-state index in [1.165, 1.54) is 25.7 Å². The van der Waals surface area contributed by atoms with E-state index in [-0.39, 0.29) is 5.54 Å². The third-order valence-electron chi connectivity index (χ3n) is 5.01. The second-order valence-electron chi connectivity index (χ2n) is 6.02. The number of hydrogen-bond donors (Lipinski definition) is 1. The molecule has 2 N–H and O–H groups in total. The summed E-state index contributed by atoms with van der Waals surface area (Å²) < 4.78 is 5.89. The molecule has 2 bridgehead atoms. The molecule has 3 atom stereocenters. The maximum atomic E-state index is 6.23. The van der Waals surface area contributed by atoms with Gasteiger partial charge in [0.15, 0.2) is 0 Å². The molecule has 0 radical (unpaired) electrons. The molecule has 0 heterocycles. The molecule has 0 spiro atoms. The molecule has 2 aliphatic carbocycles. The van der Waals surface area contributed by atoms with E-state index in [4.69, 9.17) is 10.5 Å². The number of nitrogens with two attached hydrogens (primary N) is 1. The van der Waals surface area contributed by atoms with Crippen LogP contribution in [0.25, 0.3) is 0 Å². The van der Waals surface area contributed by atoms with E-state index < -0.39 is 0 Å². The van der Waals surface area contributed by atoms with Gasteiger partial charge in [-0.3, -0.25) is 0 Å². The number of ether oxygens (including phenoxy) is 1. The van der Waals surface area contributed by atoms with E-state index in [1.807, 2.05) is 0 Å². The van der Waals surface area contributed by atoms with Crippen LogP contribution in [0.1, 0.15) is 52.4 Å². The molecular formula is C14H27NO. The Balaban J connectivity index is 1.68. The lowest BCUT2D eigenvalue weighted by Crippen LogP contribution is -2.43. The maximum absolute atomic E-state index is 6.23. The van der Waals surface area contributed by atoms with Crippen molar-refractivity contribution >= 4 is 0 Å². The second kappa shape index (κ2) is 5.05. The molecule has 0 aromatic carbocycles. The zero-order chi connectivity index (χ0) is 11.6. The summed E-state index contributed by atoms with van der Waals surface area (Å²) in [6, 6.07) is 0. The molecule has 2 nitrogen and oxygen atoms in total.